The topological polar surface area (TPSA) is 175 Å². The summed E-state index contributed by atoms with van der Waals surface area (Å²) < 4.78 is 9.51. The van der Waals surface area contributed by atoms with E-state index in [4.69, 9.17) is 14.5 Å². The predicted molar refractivity (Wildman–Crippen MR) is 195 cm³/mol. The Hall–Kier alpha value is -5.40. The van der Waals surface area contributed by atoms with Crippen LogP contribution in [0.25, 0.3) is 33.4 Å². The van der Waals surface area contributed by atoms with Crippen LogP contribution >= 0.6 is 0 Å². The van der Waals surface area contributed by atoms with Gasteiger partial charge in [-0.25, -0.2) is 19.6 Å². The zero-order valence-corrected chi connectivity index (χ0v) is 30.6. The van der Waals surface area contributed by atoms with Crippen LogP contribution in [0.15, 0.2) is 48.7 Å². The van der Waals surface area contributed by atoms with E-state index in [9.17, 15) is 19.2 Å². The molecule has 2 saturated heterocycles. The van der Waals surface area contributed by atoms with Crippen molar-refractivity contribution in [1.82, 2.24) is 40.4 Å². The van der Waals surface area contributed by atoms with E-state index in [0.29, 0.717) is 18.9 Å². The van der Waals surface area contributed by atoms with E-state index in [0.717, 1.165) is 64.9 Å². The normalized spacial score (nSPS) is 18.5. The van der Waals surface area contributed by atoms with Crippen molar-refractivity contribution in [2.24, 2.45) is 11.8 Å². The lowest BCUT2D eigenvalue weighted by Crippen LogP contribution is -2.51. The molecule has 2 aliphatic heterocycles. The largest absolute Gasteiger partial charge is 0.453 e. The number of hydrogen-bond donors (Lipinski definition) is 4. The summed E-state index contributed by atoms with van der Waals surface area (Å²) in [4.78, 5) is 71.0. The molecule has 4 heterocycles. The third kappa shape index (κ3) is 7.46. The number of likely N-dealkylation sites (tertiary alicyclic amines) is 2. The summed E-state index contributed by atoms with van der Waals surface area (Å²) in [7, 11) is 2.57. The van der Waals surface area contributed by atoms with Crippen LogP contribution < -0.4 is 10.6 Å². The molecule has 14 nitrogen and oxygen atoms in total. The van der Waals surface area contributed by atoms with Gasteiger partial charge in [0, 0.05) is 13.1 Å². The molecule has 2 aromatic heterocycles. The van der Waals surface area contributed by atoms with Crippen LogP contribution in [0.5, 0.6) is 0 Å². The van der Waals surface area contributed by atoms with Crippen molar-refractivity contribution in [1.29, 1.82) is 0 Å². The number of fused-ring (bicyclic) bond motifs is 1. The average Bonchev–Trinajstić information content (AvgIpc) is 3.97. The number of imidazole rings is 2. The van der Waals surface area contributed by atoms with Gasteiger partial charge in [0.2, 0.25) is 11.8 Å². The first-order valence-electron chi connectivity index (χ1n) is 17.9. The maximum atomic E-state index is 13.6. The number of benzene rings is 2. The molecule has 0 aliphatic carbocycles. The van der Waals surface area contributed by atoms with Gasteiger partial charge in [-0.05, 0) is 66.3 Å². The summed E-state index contributed by atoms with van der Waals surface area (Å²) >= 11 is 0. The fraction of sp³-hybridized carbons (Fsp3) is 0.474. The van der Waals surface area contributed by atoms with Gasteiger partial charge in [-0.2, -0.15) is 0 Å². The number of amides is 4. The molecule has 4 N–H and O–H groups in total. The van der Waals surface area contributed by atoms with E-state index in [1.54, 1.807) is 11.1 Å². The lowest BCUT2D eigenvalue weighted by Gasteiger charge is -2.30. The number of aromatic amines is 2. The molecule has 0 radical (unpaired) electrons. The number of ether oxygens (including phenoxy) is 2. The number of nitrogens with one attached hydrogen (secondary N) is 4. The highest BCUT2D eigenvalue weighted by Gasteiger charge is 2.39. The van der Waals surface area contributed by atoms with Crippen molar-refractivity contribution in [3.63, 3.8) is 0 Å². The van der Waals surface area contributed by atoms with E-state index in [2.05, 4.69) is 43.8 Å². The highest BCUT2D eigenvalue weighted by atomic mass is 16.5. The van der Waals surface area contributed by atoms with Crippen LogP contribution in [-0.2, 0) is 19.1 Å². The highest BCUT2D eigenvalue weighted by molar-refractivity contribution is 5.88. The maximum absolute atomic E-state index is 13.6. The molecule has 4 atom stereocenters. The number of carbonyl (C=O) groups excluding carboxylic acids is 4. The Morgan fingerprint density at radius 2 is 1.25 bits per heavy atom. The molecule has 2 aromatic carbocycles. The Morgan fingerprint density at radius 3 is 1.79 bits per heavy atom. The van der Waals surface area contributed by atoms with Gasteiger partial charge in [-0.15, -0.1) is 0 Å². The summed E-state index contributed by atoms with van der Waals surface area (Å²) in [5.41, 5.74) is 5.54. The Balaban J connectivity index is 1.16. The van der Waals surface area contributed by atoms with Gasteiger partial charge in [0.15, 0.2) is 0 Å². The lowest BCUT2D eigenvalue weighted by molar-refractivity contribution is -0.136. The molecule has 0 bridgehead atoms. The number of rotatable bonds is 10. The Bertz CT molecular complexity index is 1920. The number of carbonyl (C=O) groups is 4. The summed E-state index contributed by atoms with van der Waals surface area (Å²) in [5.74, 6) is 0.938. The average molecular weight is 713 g/mol. The minimum atomic E-state index is -0.693. The summed E-state index contributed by atoms with van der Waals surface area (Å²) in [6, 6.07) is 12.5. The monoisotopic (exact) mass is 712 g/mol. The molecule has 52 heavy (non-hydrogen) atoms. The van der Waals surface area contributed by atoms with E-state index in [1.165, 1.54) is 14.2 Å². The SMILES string of the molecule is COC(=O)N[C@H](C(=O)N1CCC[C@H]1c1ncc(-c2ccc(-c3ccc4nc([C@@H]5CCCN5C(=O)[C@H](NC(=O)OC)C(C)C)[nH]c4c3)cc2)[nH]1)C(C)C. The van der Waals surface area contributed by atoms with Gasteiger partial charge in [-0.1, -0.05) is 58.0 Å². The first kappa shape index (κ1) is 36.4. The quantitative estimate of drug-likeness (QED) is 0.162. The Labute approximate surface area is 303 Å². The van der Waals surface area contributed by atoms with E-state index in [1.807, 2.05) is 56.9 Å². The molecule has 4 amide bonds. The third-order valence-corrected chi connectivity index (χ3v) is 10.1. The van der Waals surface area contributed by atoms with Gasteiger partial charge in [0.25, 0.3) is 0 Å². The first-order valence-corrected chi connectivity index (χ1v) is 17.9. The summed E-state index contributed by atoms with van der Waals surface area (Å²) in [6.07, 6.45) is 3.78. The Kier molecular flexibility index (Phi) is 10.8. The number of alkyl carbamates (subject to hydrolysis) is 2. The van der Waals surface area contributed by atoms with Crippen molar-refractivity contribution in [2.75, 3.05) is 27.3 Å². The van der Waals surface area contributed by atoms with Crippen molar-refractivity contribution in [2.45, 2.75) is 77.5 Å². The molecular weight excluding hydrogens is 664 g/mol. The smallest absolute Gasteiger partial charge is 0.407 e. The van der Waals surface area contributed by atoms with E-state index in [-0.39, 0.29) is 35.7 Å². The number of hydrogen-bond acceptors (Lipinski definition) is 8. The standard InChI is InChI=1S/C38H48N8O6/c1-21(2)31(43-37(49)51-5)35(47)45-17-7-9-29(45)33-39-20-28(42-33)24-13-11-23(12-14-24)25-15-16-26-27(19-25)41-34(40-26)30-10-8-18-46(30)36(48)32(22(3)4)44-38(50)52-6/h11-16,19-22,29-32H,7-10,17-18H2,1-6H3,(H,39,42)(H,40,41)(H,43,49)(H,44,50)/t29-,30-,31-,32+/m0/s1. The minimum absolute atomic E-state index is 0.108. The lowest BCUT2D eigenvalue weighted by atomic mass is 10.0. The second kappa shape index (κ2) is 15.5. The second-order valence-electron chi connectivity index (χ2n) is 14.2. The highest BCUT2D eigenvalue weighted by Crippen LogP contribution is 2.35. The zero-order valence-electron chi connectivity index (χ0n) is 30.6. The molecule has 14 heteroatoms. The van der Waals surface area contributed by atoms with Crippen molar-refractivity contribution < 1.29 is 28.7 Å². The Morgan fingerprint density at radius 1 is 0.731 bits per heavy atom. The second-order valence-corrected chi connectivity index (χ2v) is 14.2. The molecule has 0 saturated carbocycles. The summed E-state index contributed by atoms with van der Waals surface area (Å²) in [6.45, 7) is 8.77. The van der Waals surface area contributed by atoms with Crippen molar-refractivity contribution >= 4 is 35.0 Å². The van der Waals surface area contributed by atoms with Crippen LogP contribution in [0.2, 0.25) is 0 Å². The fourth-order valence-corrected chi connectivity index (χ4v) is 7.25. The van der Waals surface area contributed by atoms with Gasteiger partial charge >= 0.3 is 12.2 Å². The van der Waals surface area contributed by atoms with Crippen LogP contribution in [0.4, 0.5) is 9.59 Å². The molecule has 0 unspecified atom stereocenters. The third-order valence-electron chi connectivity index (χ3n) is 10.1. The zero-order chi connectivity index (χ0) is 37.1. The maximum Gasteiger partial charge on any atom is 0.407 e. The van der Waals surface area contributed by atoms with Crippen LogP contribution in [0.3, 0.4) is 0 Å². The minimum Gasteiger partial charge on any atom is -0.453 e. The van der Waals surface area contributed by atoms with Crippen LogP contribution in [-0.4, -0.2) is 93.1 Å². The van der Waals surface area contributed by atoms with Crippen LogP contribution in [0, 0.1) is 11.8 Å². The van der Waals surface area contributed by atoms with Gasteiger partial charge in [0.1, 0.15) is 23.7 Å². The van der Waals surface area contributed by atoms with Gasteiger partial charge in [0.05, 0.1) is 49.2 Å². The van der Waals surface area contributed by atoms with E-state index >= 15 is 0 Å². The molecule has 0 spiro atoms. The molecule has 4 aromatic rings. The molecule has 276 valence electrons. The van der Waals surface area contributed by atoms with Gasteiger partial charge in [-0.3, -0.25) is 9.59 Å². The first-order chi connectivity index (χ1) is 25.0. The van der Waals surface area contributed by atoms with Crippen molar-refractivity contribution in [3.8, 4) is 22.4 Å². The number of nitrogens with zero attached hydrogens (tertiary/aromatic N) is 4. The van der Waals surface area contributed by atoms with Crippen LogP contribution in [0.1, 0.15) is 77.1 Å². The molecule has 6 rings (SSSR count). The number of H-pyrrole nitrogens is 2. The molecule has 2 fully saturated rings. The predicted octanol–water partition coefficient (Wildman–Crippen LogP) is 5.71. The van der Waals surface area contributed by atoms with Crippen molar-refractivity contribution in [3.05, 3.63) is 60.3 Å². The number of aromatic nitrogens is 4. The molecule has 2 aliphatic rings. The molecular formula is C38H48N8O6. The van der Waals surface area contributed by atoms with E-state index < -0.39 is 24.3 Å². The number of methoxy groups -OCH3 is 2. The summed E-state index contributed by atoms with van der Waals surface area (Å²) in [5, 5.41) is 5.39. The van der Waals surface area contributed by atoms with Gasteiger partial charge < -0.3 is 39.9 Å². The fourth-order valence-electron chi connectivity index (χ4n) is 7.25.